The maximum Gasteiger partial charge on any atom is 0.319 e. The van der Waals surface area contributed by atoms with Gasteiger partial charge in [-0.2, -0.15) is 0 Å². The van der Waals surface area contributed by atoms with Crippen molar-refractivity contribution in [3.8, 4) is 0 Å². The summed E-state index contributed by atoms with van der Waals surface area (Å²) >= 11 is 0. The van der Waals surface area contributed by atoms with E-state index in [0.29, 0.717) is 18.9 Å². The molecule has 100 valence electrons. The van der Waals surface area contributed by atoms with E-state index in [9.17, 15) is 14.7 Å². The van der Waals surface area contributed by atoms with E-state index in [0.717, 1.165) is 39.0 Å². The molecule has 1 unspecified atom stereocenters. The van der Waals surface area contributed by atoms with Gasteiger partial charge >= 0.3 is 5.97 Å². The highest BCUT2D eigenvalue weighted by molar-refractivity contribution is 6.04. The summed E-state index contributed by atoms with van der Waals surface area (Å²) < 4.78 is 0. The van der Waals surface area contributed by atoms with E-state index >= 15 is 0 Å². The first-order valence-electron chi connectivity index (χ1n) is 6.90. The van der Waals surface area contributed by atoms with E-state index in [1.54, 1.807) is 0 Å². The number of aliphatic carboxylic acids is 1. The zero-order valence-electron chi connectivity index (χ0n) is 10.6. The zero-order valence-corrected chi connectivity index (χ0v) is 10.6. The minimum absolute atomic E-state index is 0.135. The fourth-order valence-corrected chi connectivity index (χ4v) is 3.34. The van der Waals surface area contributed by atoms with Gasteiger partial charge in [0.1, 0.15) is 5.41 Å². The Balaban J connectivity index is 1.72. The van der Waals surface area contributed by atoms with Crippen LogP contribution in [0.15, 0.2) is 0 Å². The molecule has 18 heavy (non-hydrogen) atoms. The summed E-state index contributed by atoms with van der Waals surface area (Å²) in [6, 6.07) is 0.459. The van der Waals surface area contributed by atoms with E-state index < -0.39 is 11.4 Å². The Morgan fingerprint density at radius 3 is 2.50 bits per heavy atom. The number of carboxylic acid groups (broad SMARTS) is 1. The molecular weight excluding hydrogens is 232 g/mol. The van der Waals surface area contributed by atoms with Gasteiger partial charge in [-0.25, -0.2) is 0 Å². The van der Waals surface area contributed by atoms with Crippen molar-refractivity contribution < 1.29 is 14.7 Å². The number of hydrogen-bond donors (Lipinski definition) is 1. The normalized spacial score (nSPS) is 30.7. The monoisotopic (exact) mass is 252 g/mol. The SMILES string of the molecule is O=C(O)C1(C(=O)N2CCCN3CCCC3C2)CC1. The first-order chi connectivity index (χ1) is 8.63. The minimum atomic E-state index is -1.06. The van der Waals surface area contributed by atoms with Crippen LogP contribution in [0.1, 0.15) is 32.1 Å². The van der Waals surface area contributed by atoms with Crippen molar-refractivity contribution in [1.29, 1.82) is 0 Å². The van der Waals surface area contributed by atoms with Crippen molar-refractivity contribution in [3.05, 3.63) is 0 Å². The lowest BCUT2D eigenvalue weighted by Gasteiger charge is -2.27. The second-order valence-corrected chi connectivity index (χ2v) is 5.82. The van der Waals surface area contributed by atoms with Crippen molar-refractivity contribution >= 4 is 11.9 Å². The zero-order chi connectivity index (χ0) is 12.8. The van der Waals surface area contributed by atoms with E-state index in [4.69, 9.17) is 0 Å². The van der Waals surface area contributed by atoms with Gasteiger partial charge in [-0.15, -0.1) is 0 Å². The number of carboxylic acids is 1. The predicted octanol–water partition coefficient (Wildman–Crippen LogP) is 0.548. The Hall–Kier alpha value is -1.10. The standard InChI is InChI=1S/C13H20N2O3/c16-11(13(4-5-13)12(17)18)15-8-2-7-14-6-1-3-10(14)9-15/h10H,1-9H2,(H,17,18). The second-order valence-electron chi connectivity index (χ2n) is 5.82. The molecule has 0 spiro atoms. The Bertz CT molecular complexity index is 378. The topological polar surface area (TPSA) is 60.9 Å². The first-order valence-corrected chi connectivity index (χ1v) is 6.90. The van der Waals surface area contributed by atoms with Crippen LogP contribution in [0, 0.1) is 5.41 Å². The van der Waals surface area contributed by atoms with Crippen LogP contribution in [0.4, 0.5) is 0 Å². The number of nitrogens with zero attached hydrogens (tertiary/aromatic N) is 2. The third kappa shape index (κ3) is 1.81. The quantitative estimate of drug-likeness (QED) is 0.729. The van der Waals surface area contributed by atoms with Crippen molar-refractivity contribution in [2.45, 2.75) is 38.1 Å². The smallest absolute Gasteiger partial charge is 0.319 e. The molecule has 0 aromatic heterocycles. The highest BCUT2D eigenvalue weighted by Crippen LogP contribution is 2.47. The highest BCUT2D eigenvalue weighted by Gasteiger charge is 2.58. The molecule has 0 radical (unpaired) electrons. The maximum atomic E-state index is 12.4. The Morgan fingerprint density at radius 1 is 1.11 bits per heavy atom. The van der Waals surface area contributed by atoms with Crippen LogP contribution in [0.3, 0.4) is 0 Å². The summed E-state index contributed by atoms with van der Waals surface area (Å²) in [6.07, 6.45) is 4.36. The molecule has 5 heteroatoms. The Morgan fingerprint density at radius 2 is 1.83 bits per heavy atom. The molecule has 1 saturated carbocycles. The van der Waals surface area contributed by atoms with Crippen molar-refractivity contribution in [2.24, 2.45) is 5.41 Å². The van der Waals surface area contributed by atoms with E-state index in [1.165, 1.54) is 6.42 Å². The van der Waals surface area contributed by atoms with Crippen LogP contribution >= 0.6 is 0 Å². The van der Waals surface area contributed by atoms with Crippen LogP contribution in [-0.4, -0.2) is 59.0 Å². The predicted molar refractivity (Wildman–Crippen MR) is 65.1 cm³/mol. The maximum absolute atomic E-state index is 12.4. The molecule has 5 nitrogen and oxygen atoms in total. The van der Waals surface area contributed by atoms with Crippen LogP contribution in [0.5, 0.6) is 0 Å². The summed E-state index contributed by atoms with van der Waals surface area (Å²) in [7, 11) is 0. The van der Waals surface area contributed by atoms with Gasteiger partial charge in [-0.3, -0.25) is 14.5 Å². The number of amides is 1. The molecule has 3 rings (SSSR count). The fourth-order valence-electron chi connectivity index (χ4n) is 3.34. The molecule has 1 aliphatic carbocycles. The third-order valence-electron chi connectivity index (χ3n) is 4.66. The number of hydrogen-bond acceptors (Lipinski definition) is 3. The average Bonchev–Trinajstić information content (AvgIpc) is 3.09. The second kappa shape index (κ2) is 4.23. The molecule has 0 bridgehead atoms. The third-order valence-corrected chi connectivity index (χ3v) is 4.66. The first kappa shape index (κ1) is 12.0. The Labute approximate surface area is 107 Å². The number of rotatable bonds is 2. The average molecular weight is 252 g/mol. The van der Waals surface area contributed by atoms with Gasteiger partial charge in [0.25, 0.3) is 0 Å². The van der Waals surface area contributed by atoms with Crippen molar-refractivity contribution in [3.63, 3.8) is 0 Å². The molecule has 1 N–H and O–H groups in total. The summed E-state index contributed by atoms with van der Waals surface area (Å²) in [5, 5.41) is 9.20. The summed E-state index contributed by atoms with van der Waals surface area (Å²) in [6.45, 7) is 3.64. The Kier molecular flexibility index (Phi) is 2.81. The van der Waals surface area contributed by atoms with Gasteiger partial charge in [-0.05, 0) is 38.6 Å². The molecule has 1 amide bonds. The van der Waals surface area contributed by atoms with E-state index in [1.807, 2.05) is 4.90 Å². The van der Waals surface area contributed by atoms with Crippen LogP contribution < -0.4 is 0 Å². The molecule has 0 aromatic rings. The summed E-state index contributed by atoms with van der Waals surface area (Å²) in [4.78, 5) is 27.9. The molecule has 1 atom stereocenters. The van der Waals surface area contributed by atoms with Crippen molar-refractivity contribution in [2.75, 3.05) is 26.2 Å². The fraction of sp³-hybridized carbons (Fsp3) is 0.846. The van der Waals surface area contributed by atoms with Gasteiger partial charge in [0.05, 0.1) is 0 Å². The van der Waals surface area contributed by atoms with Gasteiger partial charge in [0, 0.05) is 25.7 Å². The molecule has 2 aliphatic heterocycles. The highest BCUT2D eigenvalue weighted by atomic mass is 16.4. The van der Waals surface area contributed by atoms with Gasteiger partial charge < -0.3 is 10.0 Å². The largest absolute Gasteiger partial charge is 0.480 e. The van der Waals surface area contributed by atoms with Gasteiger partial charge in [0.2, 0.25) is 5.91 Å². The molecule has 3 aliphatic rings. The lowest BCUT2D eigenvalue weighted by Crippen LogP contribution is -2.45. The van der Waals surface area contributed by atoms with Gasteiger partial charge in [0.15, 0.2) is 0 Å². The lowest BCUT2D eigenvalue weighted by atomic mass is 10.1. The molecular formula is C13H20N2O3. The molecule has 2 heterocycles. The summed E-state index contributed by atoms with van der Waals surface area (Å²) in [5.41, 5.74) is -1.06. The van der Waals surface area contributed by atoms with Crippen LogP contribution in [0.2, 0.25) is 0 Å². The minimum Gasteiger partial charge on any atom is -0.480 e. The number of carbonyl (C=O) groups is 2. The molecule has 2 saturated heterocycles. The lowest BCUT2D eigenvalue weighted by molar-refractivity contribution is -0.153. The van der Waals surface area contributed by atoms with E-state index in [-0.39, 0.29) is 5.91 Å². The van der Waals surface area contributed by atoms with E-state index in [2.05, 4.69) is 4.90 Å². The van der Waals surface area contributed by atoms with Gasteiger partial charge in [-0.1, -0.05) is 0 Å². The van der Waals surface area contributed by atoms with Crippen molar-refractivity contribution in [1.82, 2.24) is 9.80 Å². The molecule has 3 fully saturated rings. The van der Waals surface area contributed by atoms with Crippen LogP contribution in [-0.2, 0) is 9.59 Å². The van der Waals surface area contributed by atoms with Crippen LogP contribution in [0.25, 0.3) is 0 Å². The summed E-state index contributed by atoms with van der Waals surface area (Å²) in [5.74, 6) is -1.07. The number of fused-ring (bicyclic) bond motifs is 1. The molecule has 0 aromatic carbocycles. The number of carbonyl (C=O) groups excluding carboxylic acids is 1.